The number of hydrogen-bond acceptors (Lipinski definition) is 3. The maximum Gasteiger partial charge on any atom is 0.0962 e. The fourth-order valence-corrected chi connectivity index (χ4v) is 0.770. The van der Waals surface area contributed by atoms with Gasteiger partial charge in [-0.05, 0) is 6.42 Å². The van der Waals surface area contributed by atoms with Crippen LogP contribution in [0.2, 0.25) is 0 Å². The van der Waals surface area contributed by atoms with Crippen molar-refractivity contribution in [3.63, 3.8) is 0 Å². The van der Waals surface area contributed by atoms with Gasteiger partial charge in [-0.2, -0.15) is 0 Å². The van der Waals surface area contributed by atoms with Gasteiger partial charge in [-0.3, -0.25) is 4.68 Å². The van der Waals surface area contributed by atoms with Gasteiger partial charge in [0, 0.05) is 19.3 Å². The van der Waals surface area contributed by atoms with Gasteiger partial charge in [0.1, 0.15) is 0 Å². The van der Waals surface area contributed by atoms with Crippen LogP contribution in [0.15, 0.2) is 6.20 Å². The number of nitrogens with two attached hydrogens (primary N) is 1. The summed E-state index contributed by atoms with van der Waals surface area (Å²) in [6.45, 7) is 3.50. The van der Waals surface area contributed by atoms with E-state index in [1.807, 2.05) is 10.9 Å². The average Bonchev–Trinajstić information content (AvgIpc) is 2.37. The molecule has 0 fully saturated rings. The summed E-state index contributed by atoms with van der Waals surface area (Å²) < 4.78 is 1.81. The van der Waals surface area contributed by atoms with Crippen molar-refractivity contribution in [3.05, 3.63) is 11.9 Å². The molecule has 10 heavy (non-hydrogen) atoms. The molecule has 0 aliphatic rings. The topological polar surface area (TPSA) is 56.7 Å². The molecule has 4 heteroatoms. The fourth-order valence-electron chi connectivity index (χ4n) is 0.770. The van der Waals surface area contributed by atoms with E-state index in [9.17, 15) is 0 Å². The Balaban J connectivity index is 2.59. The van der Waals surface area contributed by atoms with E-state index in [1.165, 1.54) is 0 Å². The van der Waals surface area contributed by atoms with Crippen LogP contribution in [-0.4, -0.2) is 15.0 Å². The molecule has 0 aliphatic carbocycles. The lowest BCUT2D eigenvalue weighted by Crippen LogP contribution is -1.97. The minimum atomic E-state index is 0.476. The molecule has 1 aromatic rings. The molecule has 0 radical (unpaired) electrons. The molecule has 1 heterocycles. The third kappa shape index (κ3) is 1.54. The molecule has 1 rings (SSSR count). The number of hydrogen-bond donors (Lipinski definition) is 1. The van der Waals surface area contributed by atoms with Crippen LogP contribution in [0.3, 0.4) is 0 Å². The number of aromatic nitrogens is 3. The molecule has 56 valence electrons. The highest BCUT2D eigenvalue weighted by Gasteiger charge is 1.94. The maximum atomic E-state index is 5.34. The first kappa shape index (κ1) is 7.21. The summed E-state index contributed by atoms with van der Waals surface area (Å²) in [7, 11) is 0. The molecule has 0 atom stereocenters. The maximum absolute atomic E-state index is 5.34. The Bertz CT molecular complexity index is 193. The first-order chi connectivity index (χ1) is 4.86. The summed E-state index contributed by atoms with van der Waals surface area (Å²) in [5.41, 5.74) is 6.20. The van der Waals surface area contributed by atoms with Crippen molar-refractivity contribution in [1.29, 1.82) is 0 Å². The summed E-state index contributed by atoms with van der Waals surface area (Å²) in [4.78, 5) is 0. The molecule has 4 nitrogen and oxygen atoms in total. The Morgan fingerprint density at radius 3 is 3.00 bits per heavy atom. The van der Waals surface area contributed by atoms with Crippen molar-refractivity contribution in [2.45, 2.75) is 26.4 Å². The smallest absolute Gasteiger partial charge is 0.0962 e. The Kier molecular flexibility index (Phi) is 2.39. The van der Waals surface area contributed by atoms with Crippen LogP contribution in [0, 0.1) is 0 Å². The van der Waals surface area contributed by atoms with Gasteiger partial charge in [0.15, 0.2) is 0 Å². The molecule has 0 saturated heterocycles. The zero-order valence-corrected chi connectivity index (χ0v) is 6.12. The van der Waals surface area contributed by atoms with Crippen LogP contribution in [-0.2, 0) is 13.1 Å². The fraction of sp³-hybridized carbons (Fsp3) is 0.667. The Hall–Kier alpha value is -0.900. The van der Waals surface area contributed by atoms with E-state index in [4.69, 9.17) is 5.73 Å². The monoisotopic (exact) mass is 140 g/mol. The normalized spacial score (nSPS) is 10.2. The van der Waals surface area contributed by atoms with E-state index < -0.39 is 0 Å². The first-order valence-electron chi connectivity index (χ1n) is 3.46. The molecule has 2 N–H and O–H groups in total. The second kappa shape index (κ2) is 3.31. The third-order valence-corrected chi connectivity index (χ3v) is 1.25. The Morgan fingerprint density at radius 2 is 2.50 bits per heavy atom. The van der Waals surface area contributed by atoms with E-state index in [2.05, 4.69) is 17.2 Å². The zero-order chi connectivity index (χ0) is 7.40. The molecular formula is C6H12N4. The summed E-state index contributed by atoms with van der Waals surface area (Å²) in [6, 6.07) is 0. The van der Waals surface area contributed by atoms with Crippen molar-refractivity contribution in [1.82, 2.24) is 15.0 Å². The van der Waals surface area contributed by atoms with Gasteiger partial charge >= 0.3 is 0 Å². The number of aryl methyl sites for hydroxylation is 1. The lowest BCUT2D eigenvalue weighted by molar-refractivity contribution is 0.579. The van der Waals surface area contributed by atoms with Crippen LogP contribution < -0.4 is 5.73 Å². The van der Waals surface area contributed by atoms with Crippen molar-refractivity contribution < 1.29 is 0 Å². The number of rotatable bonds is 3. The second-order valence-corrected chi connectivity index (χ2v) is 2.18. The van der Waals surface area contributed by atoms with Gasteiger partial charge < -0.3 is 5.73 Å². The summed E-state index contributed by atoms with van der Waals surface area (Å²) in [5, 5.41) is 7.70. The van der Waals surface area contributed by atoms with Crippen molar-refractivity contribution in [3.8, 4) is 0 Å². The van der Waals surface area contributed by atoms with Gasteiger partial charge in [-0.25, -0.2) is 0 Å². The molecule has 0 aliphatic heterocycles. The van der Waals surface area contributed by atoms with Gasteiger partial charge in [0.25, 0.3) is 0 Å². The van der Waals surface area contributed by atoms with E-state index in [-0.39, 0.29) is 0 Å². The minimum absolute atomic E-state index is 0.476. The van der Waals surface area contributed by atoms with E-state index in [1.54, 1.807) is 0 Å². The van der Waals surface area contributed by atoms with Crippen LogP contribution in [0.25, 0.3) is 0 Å². The van der Waals surface area contributed by atoms with Crippen LogP contribution in [0.4, 0.5) is 0 Å². The average molecular weight is 140 g/mol. The first-order valence-corrected chi connectivity index (χ1v) is 3.46. The minimum Gasteiger partial charge on any atom is -0.325 e. The van der Waals surface area contributed by atoms with Crippen molar-refractivity contribution >= 4 is 0 Å². The molecule has 0 aromatic carbocycles. The molecule has 1 aromatic heterocycles. The van der Waals surface area contributed by atoms with Gasteiger partial charge in [-0.1, -0.05) is 12.1 Å². The van der Waals surface area contributed by atoms with Crippen molar-refractivity contribution in [2.75, 3.05) is 0 Å². The highest BCUT2D eigenvalue weighted by atomic mass is 15.4. The number of nitrogens with zero attached hydrogens (tertiary/aromatic N) is 3. The molecular weight excluding hydrogens is 128 g/mol. The van der Waals surface area contributed by atoms with Gasteiger partial charge in [-0.15, -0.1) is 5.10 Å². The van der Waals surface area contributed by atoms with Gasteiger partial charge in [0.05, 0.1) is 5.69 Å². The lowest BCUT2D eigenvalue weighted by Gasteiger charge is -1.91. The largest absolute Gasteiger partial charge is 0.325 e. The lowest BCUT2D eigenvalue weighted by atomic mass is 10.4. The van der Waals surface area contributed by atoms with Crippen LogP contribution in [0.1, 0.15) is 19.0 Å². The highest BCUT2D eigenvalue weighted by molar-refractivity contribution is 4.89. The highest BCUT2D eigenvalue weighted by Crippen LogP contribution is 1.91. The third-order valence-electron chi connectivity index (χ3n) is 1.25. The molecule has 0 amide bonds. The molecule has 0 spiro atoms. The molecule has 0 saturated carbocycles. The molecule has 0 unspecified atom stereocenters. The van der Waals surface area contributed by atoms with Gasteiger partial charge in [0.2, 0.25) is 0 Å². The van der Waals surface area contributed by atoms with E-state index in [0.717, 1.165) is 18.7 Å². The van der Waals surface area contributed by atoms with Crippen LogP contribution in [0.5, 0.6) is 0 Å². The van der Waals surface area contributed by atoms with Crippen molar-refractivity contribution in [2.24, 2.45) is 5.73 Å². The SMILES string of the molecule is CCCn1cc(CN)nn1. The second-order valence-electron chi connectivity index (χ2n) is 2.18. The summed E-state index contributed by atoms with van der Waals surface area (Å²) >= 11 is 0. The van der Waals surface area contributed by atoms with E-state index >= 15 is 0 Å². The Morgan fingerprint density at radius 1 is 1.70 bits per heavy atom. The summed E-state index contributed by atoms with van der Waals surface area (Å²) in [6.07, 6.45) is 2.96. The van der Waals surface area contributed by atoms with Crippen LogP contribution >= 0.6 is 0 Å². The standard InChI is InChI=1S/C6H12N4/c1-2-3-10-5-6(4-7)8-9-10/h5H,2-4,7H2,1H3. The molecule has 0 bridgehead atoms. The van der Waals surface area contributed by atoms with E-state index in [0.29, 0.717) is 6.54 Å². The zero-order valence-electron chi connectivity index (χ0n) is 6.12. The Labute approximate surface area is 60.0 Å². The predicted molar refractivity (Wildman–Crippen MR) is 38.2 cm³/mol. The quantitative estimate of drug-likeness (QED) is 0.650. The summed E-state index contributed by atoms with van der Waals surface area (Å²) in [5.74, 6) is 0. The predicted octanol–water partition coefficient (Wildman–Crippen LogP) is 0.147.